The SMILES string of the molecule is CCN1CCN(C(=O)CN2C[C@H]3C[C@H](C2)[C@H]2CCCC(=O)N2C3)CC1. The first kappa shape index (κ1) is 17.3. The van der Waals surface area contributed by atoms with Crippen LogP contribution >= 0.6 is 0 Å². The first-order valence-corrected chi connectivity index (χ1v) is 10.2. The number of amides is 2. The molecule has 0 unspecified atom stereocenters. The summed E-state index contributed by atoms with van der Waals surface area (Å²) in [5.41, 5.74) is 0. The molecule has 0 N–H and O–H groups in total. The predicted molar refractivity (Wildman–Crippen MR) is 96.1 cm³/mol. The molecule has 4 heterocycles. The van der Waals surface area contributed by atoms with Crippen LogP contribution in [0.4, 0.5) is 0 Å². The molecule has 6 nitrogen and oxygen atoms in total. The number of likely N-dealkylation sites (N-methyl/N-ethyl adjacent to an activating group) is 1. The average Bonchev–Trinajstić information content (AvgIpc) is 2.62. The monoisotopic (exact) mass is 348 g/mol. The van der Waals surface area contributed by atoms with Crippen LogP contribution in [0.2, 0.25) is 0 Å². The molecule has 0 saturated carbocycles. The minimum atomic E-state index is 0.298. The fourth-order valence-electron chi connectivity index (χ4n) is 5.45. The highest BCUT2D eigenvalue weighted by molar-refractivity contribution is 5.78. The van der Waals surface area contributed by atoms with E-state index in [9.17, 15) is 9.59 Å². The third-order valence-electron chi connectivity index (χ3n) is 6.79. The number of likely N-dealkylation sites (tertiary alicyclic amines) is 1. The fraction of sp³-hybridized carbons (Fsp3) is 0.895. The van der Waals surface area contributed by atoms with Crippen LogP contribution in [-0.2, 0) is 9.59 Å². The fourth-order valence-corrected chi connectivity index (χ4v) is 5.45. The quantitative estimate of drug-likeness (QED) is 0.744. The normalized spacial score (nSPS) is 34.1. The van der Waals surface area contributed by atoms with Crippen LogP contribution in [-0.4, -0.2) is 96.4 Å². The Labute approximate surface area is 151 Å². The molecule has 140 valence electrons. The summed E-state index contributed by atoms with van der Waals surface area (Å²) in [6, 6.07) is 0.434. The molecule has 3 atom stereocenters. The van der Waals surface area contributed by atoms with Crippen molar-refractivity contribution < 1.29 is 9.59 Å². The van der Waals surface area contributed by atoms with Gasteiger partial charge in [0.1, 0.15) is 0 Å². The maximum atomic E-state index is 12.7. The van der Waals surface area contributed by atoms with Gasteiger partial charge in [-0.25, -0.2) is 0 Å². The molecular weight excluding hydrogens is 316 g/mol. The Morgan fingerprint density at radius 3 is 2.64 bits per heavy atom. The third-order valence-corrected chi connectivity index (χ3v) is 6.79. The lowest BCUT2D eigenvalue weighted by molar-refractivity contribution is -0.147. The van der Waals surface area contributed by atoms with Gasteiger partial charge in [-0.15, -0.1) is 0 Å². The van der Waals surface area contributed by atoms with Crippen LogP contribution in [0.5, 0.6) is 0 Å². The van der Waals surface area contributed by atoms with Crippen molar-refractivity contribution in [3.05, 3.63) is 0 Å². The summed E-state index contributed by atoms with van der Waals surface area (Å²) in [6.45, 7) is 10.5. The first-order chi connectivity index (χ1) is 12.1. The van der Waals surface area contributed by atoms with Gasteiger partial charge in [-0.3, -0.25) is 14.5 Å². The second-order valence-electron chi connectivity index (χ2n) is 8.38. The van der Waals surface area contributed by atoms with Gasteiger partial charge in [-0.1, -0.05) is 6.92 Å². The van der Waals surface area contributed by atoms with Crippen molar-refractivity contribution in [1.29, 1.82) is 0 Å². The number of hydrogen-bond donors (Lipinski definition) is 0. The van der Waals surface area contributed by atoms with E-state index in [4.69, 9.17) is 0 Å². The van der Waals surface area contributed by atoms with Crippen LogP contribution < -0.4 is 0 Å². The number of piperidine rings is 3. The smallest absolute Gasteiger partial charge is 0.236 e. The summed E-state index contributed by atoms with van der Waals surface area (Å²) in [5.74, 6) is 1.79. The van der Waals surface area contributed by atoms with Gasteiger partial charge in [-0.2, -0.15) is 0 Å². The van der Waals surface area contributed by atoms with Gasteiger partial charge in [0, 0.05) is 58.3 Å². The van der Waals surface area contributed by atoms with Crippen LogP contribution in [0, 0.1) is 11.8 Å². The average molecular weight is 348 g/mol. The third kappa shape index (κ3) is 3.56. The molecule has 6 heteroatoms. The number of piperazine rings is 1. The van der Waals surface area contributed by atoms with Crippen LogP contribution in [0.15, 0.2) is 0 Å². The van der Waals surface area contributed by atoms with Crippen molar-refractivity contribution in [2.75, 3.05) is 58.9 Å². The van der Waals surface area contributed by atoms with Gasteiger partial charge < -0.3 is 14.7 Å². The highest BCUT2D eigenvalue weighted by Gasteiger charge is 2.44. The van der Waals surface area contributed by atoms with Crippen molar-refractivity contribution in [2.45, 2.75) is 38.6 Å². The van der Waals surface area contributed by atoms with Crippen molar-refractivity contribution in [1.82, 2.24) is 19.6 Å². The summed E-state index contributed by atoms with van der Waals surface area (Å²) >= 11 is 0. The lowest BCUT2D eigenvalue weighted by atomic mass is 9.76. The van der Waals surface area contributed by atoms with Gasteiger partial charge in [0.05, 0.1) is 6.54 Å². The van der Waals surface area contributed by atoms with Crippen LogP contribution in [0.3, 0.4) is 0 Å². The standard InChI is InChI=1S/C19H32N4O2/c1-2-20-6-8-22(9-7-20)19(25)14-21-11-15-10-16(13-21)17-4-3-5-18(24)23(17)12-15/h15-17H,2-14H2,1H3/t15-,16-,17-/m1/s1. The zero-order chi connectivity index (χ0) is 17.4. The molecule has 25 heavy (non-hydrogen) atoms. The van der Waals surface area contributed by atoms with E-state index >= 15 is 0 Å². The highest BCUT2D eigenvalue weighted by atomic mass is 16.2. The number of hydrogen-bond acceptors (Lipinski definition) is 4. The number of carbonyl (C=O) groups excluding carboxylic acids is 2. The molecule has 2 amide bonds. The molecule has 0 aromatic heterocycles. The summed E-state index contributed by atoms with van der Waals surface area (Å²) in [4.78, 5) is 33.9. The minimum absolute atomic E-state index is 0.298. The Morgan fingerprint density at radius 2 is 1.88 bits per heavy atom. The topological polar surface area (TPSA) is 47.1 Å². The van der Waals surface area contributed by atoms with Gasteiger partial charge in [0.2, 0.25) is 11.8 Å². The van der Waals surface area contributed by atoms with Gasteiger partial charge in [0.25, 0.3) is 0 Å². The van der Waals surface area contributed by atoms with E-state index in [2.05, 4.69) is 21.6 Å². The van der Waals surface area contributed by atoms with E-state index in [1.807, 2.05) is 4.90 Å². The molecule has 4 aliphatic heterocycles. The molecule has 2 bridgehead atoms. The lowest BCUT2D eigenvalue weighted by Crippen LogP contribution is -2.61. The van der Waals surface area contributed by atoms with E-state index in [1.54, 1.807) is 0 Å². The van der Waals surface area contributed by atoms with E-state index < -0.39 is 0 Å². The van der Waals surface area contributed by atoms with E-state index in [0.29, 0.717) is 36.2 Å². The highest BCUT2D eigenvalue weighted by Crippen LogP contribution is 2.37. The Bertz CT molecular complexity index is 518. The second kappa shape index (κ2) is 7.23. The molecule has 4 aliphatic rings. The van der Waals surface area contributed by atoms with Gasteiger partial charge >= 0.3 is 0 Å². The molecule has 0 radical (unpaired) electrons. The summed E-state index contributed by atoms with van der Waals surface area (Å²) < 4.78 is 0. The number of rotatable bonds is 3. The maximum absolute atomic E-state index is 12.7. The molecular formula is C19H32N4O2. The maximum Gasteiger partial charge on any atom is 0.236 e. The Kier molecular flexibility index (Phi) is 5.00. The predicted octanol–water partition coefficient (Wildman–Crippen LogP) is 0.483. The second-order valence-corrected chi connectivity index (χ2v) is 8.38. The molecule has 0 aromatic carbocycles. The number of fused-ring (bicyclic) bond motifs is 4. The largest absolute Gasteiger partial charge is 0.339 e. The van der Waals surface area contributed by atoms with Crippen molar-refractivity contribution in [2.24, 2.45) is 11.8 Å². The van der Waals surface area contributed by atoms with Crippen molar-refractivity contribution in [3.63, 3.8) is 0 Å². The lowest BCUT2D eigenvalue weighted by Gasteiger charge is -2.52. The minimum Gasteiger partial charge on any atom is -0.339 e. The van der Waals surface area contributed by atoms with E-state index in [-0.39, 0.29) is 0 Å². The van der Waals surface area contributed by atoms with Gasteiger partial charge in [-0.05, 0) is 37.6 Å². The molecule has 0 spiro atoms. The summed E-state index contributed by atoms with van der Waals surface area (Å²) in [7, 11) is 0. The molecule has 0 aromatic rings. The van der Waals surface area contributed by atoms with Crippen molar-refractivity contribution in [3.8, 4) is 0 Å². The van der Waals surface area contributed by atoms with Crippen LogP contribution in [0.1, 0.15) is 32.6 Å². The molecule has 4 rings (SSSR count). The molecule has 0 aliphatic carbocycles. The molecule has 4 saturated heterocycles. The summed E-state index contributed by atoms with van der Waals surface area (Å²) in [5, 5.41) is 0. The van der Waals surface area contributed by atoms with Crippen molar-refractivity contribution >= 4 is 11.8 Å². The summed E-state index contributed by atoms with van der Waals surface area (Å²) in [6.07, 6.45) is 4.18. The zero-order valence-electron chi connectivity index (χ0n) is 15.5. The van der Waals surface area contributed by atoms with Gasteiger partial charge in [0.15, 0.2) is 0 Å². The Balaban J connectivity index is 1.33. The zero-order valence-corrected chi connectivity index (χ0v) is 15.5. The van der Waals surface area contributed by atoms with E-state index in [1.165, 1.54) is 6.42 Å². The Morgan fingerprint density at radius 1 is 1.08 bits per heavy atom. The Hall–Kier alpha value is -1.14. The first-order valence-electron chi connectivity index (χ1n) is 10.2. The molecule has 4 fully saturated rings. The van der Waals surface area contributed by atoms with Crippen LogP contribution in [0.25, 0.3) is 0 Å². The van der Waals surface area contributed by atoms with E-state index in [0.717, 1.165) is 71.6 Å². The number of carbonyl (C=O) groups is 2. The number of nitrogens with zero attached hydrogens (tertiary/aromatic N) is 4.